The Balaban J connectivity index is 1.56. The van der Waals surface area contributed by atoms with Crippen LogP contribution >= 0.6 is 0 Å². The molecule has 2 heterocycles. The Bertz CT molecular complexity index is 1190. The minimum atomic E-state index is -1.15. The smallest absolute Gasteiger partial charge is 0.329 e. The number of ether oxygens (including phenoxy) is 1. The van der Waals surface area contributed by atoms with E-state index in [1.807, 2.05) is 24.3 Å². The lowest BCUT2D eigenvalue weighted by molar-refractivity contribution is -0.144. The predicted molar refractivity (Wildman–Crippen MR) is 134 cm³/mol. The summed E-state index contributed by atoms with van der Waals surface area (Å²) in [6.07, 6.45) is 3.95. The fourth-order valence-corrected chi connectivity index (χ4v) is 4.27. The van der Waals surface area contributed by atoms with Crippen molar-refractivity contribution >= 4 is 28.5 Å². The van der Waals surface area contributed by atoms with E-state index in [1.54, 1.807) is 12.1 Å². The van der Waals surface area contributed by atoms with Crippen LogP contribution in [0.5, 0.6) is 0 Å². The summed E-state index contributed by atoms with van der Waals surface area (Å²) in [7, 11) is 0. The number of unbranched alkanes of at least 4 members (excludes halogenated alkanes) is 3. The first-order valence-electron chi connectivity index (χ1n) is 12.2. The Labute approximate surface area is 205 Å². The van der Waals surface area contributed by atoms with E-state index < -0.39 is 11.9 Å². The van der Waals surface area contributed by atoms with Crippen LogP contribution in [0.3, 0.4) is 0 Å². The Hall–Kier alpha value is -3.73. The largest absolute Gasteiger partial charge is 0.464 e. The van der Waals surface area contributed by atoms with Crippen molar-refractivity contribution in [2.75, 3.05) is 42.6 Å². The Kier molecular flexibility index (Phi) is 8.09. The lowest BCUT2D eigenvalue weighted by atomic mass is 10.1. The lowest BCUT2D eigenvalue weighted by Gasteiger charge is -2.37. The van der Waals surface area contributed by atoms with Gasteiger partial charge in [-0.2, -0.15) is 5.26 Å². The van der Waals surface area contributed by atoms with Crippen molar-refractivity contribution in [1.82, 2.24) is 9.97 Å². The molecule has 0 N–H and O–H groups in total. The summed E-state index contributed by atoms with van der Waals surface area (Å²) in [6.45, 7) is 5.06. The number of esters is 1. The van der Waals surface area contributed by atoms with Gasteiger partial charge in [-0.05, 0) is 42.8 Å². The van der Waals surface area contributed by atoms with Gasteiger partial charge in [-0.3, -0.25) is 4.79 Å². The van der Waals surface area contributed by atoms with Crippen molar-refractivity contribution in [3.05, 3.63) is 60.0 Å². The van der Waals surface area contributed by atoms with Gasteiger partial charge in [0.1, 0.15) is 11.5 Å². The number of anilines is 2. The van der Waals surface area contributed by atoms with Gasteiger partial charge in [-0.1, -0.05) is 38.3 Å². The third-order valence-electron chi connectivity index (χ3n) is 6.23. The first-order valence-corrected chi connectivity index (χ1v) is 12.2. The van der Waals surface area contributed by atoms with E-state index in [-0.39, 0.29) is 5.82 Å². The molecule has 0 saturated carbocycles. The lowest BCUT2D eigenvalue weighted by Crippen LogP contribution is -2.47. The molecular weight excluding hydrogens is 445 g/mol. The quantitative estimate of drug-likeness (QED) is 0.324. The summed E-state index contributed by atoms with van der Waals surface area (Å²) in [5.74, 6) is -1.46. The van der Waals surface area contributed by atoms with Crippen molar-refractivity contribution in [1.29, 1.82) is 5.26 Å². The van der Waals surface area contributed by atoms with Gasteiger partial charge < -0.3 is 14.5 Å². The molecule has 0 spiro atoms. The molecule has 0 amide bonds. The van der Waals surface area contributed by atoms with Crippen LogP contribution in [0.4, 0.5) is 15.9 Å². The molecule has 182 valence electrons. The summed E-state index contributed by atoms with van der Waals surface area (Å²) in [6, 6.07) is 16.0. The third-order valence-corrected chi connectivity index (χ3v) is 6.23. The van der Waals surface area contributed by atoms with Crippen molar-refractivity contribution < 1.29 is 13.9 Å². The van der Waals surface area contributed by atoms with Crippen LogP contribution in [-0.4, -0.2) is 48.7 Å². The molecule has 1 fully saturated rings. The highest BCUT2D eigenvalue weighted by molar-refractivity contribution is 5.85. The van der Waals surface area contributed by atoms with Gasteiger partial charge in [0.25, 0.3) is 0 Å². The van der Waals surface area contributed by atoms with Crippen LogP contribution in [0, 0.1) is 17.1 Å². The molecule has 1 atom stereocenters. The normalized spacial score (nSPS) is 14.5. The number of piperazine rings is 1. The SMILES string of the molecule is CCCCCCOC(=O)[C@@H](C#N)c1nc2ccccc2nc1N1CCN(c2ccc(F)cc2)CC1. The highest BCUT2D eigenvalue weighted by Gasteiger charge is 2.31. The van der Waals surface area contributed by atoms with E-state index >= 15 is 0 Å². The van der Waals surface area contributed by atoms with Crippen LogP contribution in [0.1, 0.15) is 44.2 Å². The number of carbonyl (C=O) groups is 1. The van der Waals surface area contributed by atoms with E-state index in [0.29, 0.717) is 55.3 Å². The number of fused-ring (bicyclic) bond motifs is 1. The number of rotatable bonds is 9. The summed E-state index contributed by atoms with van der Waals surface area (Å²) >= 11 is 0. The van der Waals surface area contributed by atoms with E-state index in [4.69, 9.17) is 14.7 Å². The molecule has 0 unspecified atom stereocenters. The second kappa shape index (κ2) is 11.6. The molecule has 2 aromatic carbocycles. The molecule has 35 heavy (non-hydrogen) atoms. The Morgan fingerprint density at radius 1 is 1.00 bits per heavy atom. The molecule has 0 bridgehead atoms. The maximum Gasteiger partial charge on any atom is 0.329 e. The fraction of sp³-hybridized carbons (Fsp3) is 0.407. The van der Waals surface area contributed by atoms with Gasteiger partial charge in [0, 0.05) is 31.9 Å². The maximum absolute atomic E-state index is 13.3. The number of nitriles is 1. The summed E-state index contributed by atoms with van der Waals surface area (Å²) in [5.41, 5.74) is 2.63. The zero-order chi connectivity index (χ0) is 24.6. The van der Waals surface area contributed by atoms with E-state index in [1.165, 1.54) is 12.1 Å². The third kappa shape index (κ3) is 5.86. The molecule has 3 aromatic rings. The zero-order valence-electron chi connectivity index (χ0n) is 20.0. The van der Waals surface area contributed by atoms with Gasteiger partial charge in [0.05, 0.1) is 23.7 Å². The van der Waals surface area contributed by atoms with Crippen molar-refractivity contribution in [3.8, 4) is 6.07 Å². The van der Waals surface area contributed by atoms with Crippen LogP contribution in [0.15, 0.2) is 48.5 Å². The average molecular weight is 476 g/mol. The van der Waals surface area contributed by atoms with Crippen molar-refractivity contribution in [2.24, 2.45) is 0 Å². The van der Waals surface area contributed by atoms with Crippen LogP contribution in [0.25, 0.3) is 11.0 Å². The molecule has 1 aliphatic heterocycles. The summed E-state index contributed by atoms with van der Waals surface area (Å²) < 4.78 is 18.8. The van der Waals surface area contributed by atoms with Gasteiger partial charge >= 0.3 is 5.97 Å². The highest BCUT2D eigenvalue weighted by atomic mass is 19.1. The molecule has 1 saturated heterocycles. The first-order chi connectivity index (χ1) is 17.1. The number of carbonyl (C=O) groups excluding carboxylic acids is 1. The molecule has 0 radical (unpaired) electrons. The number of hydrogen-bond acceptors (Lipinski definition) is 7. The number of aromatic nitrogens is 2. The van der Waals surface area contributed by atoms with E-state index in [0.717, 1.165) is 31.4 Å². The first kappa shape index (κ1) is 24.4. The number of halogens is 1. The highest BCUT2D eigenvalue weighted by Crippen LogP contribution is 2.29. The van der Waals surface area contributed by atoms with Crippen molar-refractivity contribution in [2.45, 2.75) is 38.5 Å². The van der Waals surface area contributed by atoms with Gasteiger partial charge in [-0.15, -0.1) is 0 Å². The van der Waals surface area contributed by atoms with Gasteiger partial charge in [0.15, 0.2) is 11.7 Å². The topological polar surface area (TPSA) is 82.3 Å². The standard InChI is InChI=1S/C27H30FN5O2/c1-2-3-4-7-18-35-27(34)22(19-29)25-26(31-24-9-6-5-8-23(24)30-25)33-16-14-32(15-17-33)21-12-10-20(28)11-13-21/h5-6,8-13,22H,2-4,7,14-18H2,1H3/t22-/m0/s1. The molecular formula is C27H30FN5O2. The fourth-order valence-electron chi connectivity index (χ4n) is 4.27. The Morgan fingerprint density at radius 3 is 2.31 bits per heavy atom. The molecule has 7 nitrogen and oxygen atoms in total. The van der Waals surface area contributed by atoms with Crippen LogP contribution < -0.4 is 9.80 Å². The Morgan fingerprint density at radius 2 is 1.66 bits per heavy atom. The minimum Gasteiger partial charge on any atom is -0.464 e. The van der Waals surface area contributed by atoms with Gasteiger partial charge in [-0.25, -0.2) is 14.4 Å². The minimum absolute atomic E-state index is 0.261. The average Bonchev–Trinajstić information content (AvgIpc) is 2.89. The number of para-hydroxylation sites is 2. The molecule has 1 aromatic heterocycles. The zero-order valence-corrected chi connectivity index (χ0v) is 20.0. The van der Waals surface area contributed by atoms with Crippen LogP contribution in [-0.2, 0) is 9.53 Å². The number of nitrogens with zero attached hydrogens (tertiary/aromatic N) is 5. The van der Waals surface area contributed by atoms with E-state index in [9.17, 15) is 14.4 Å². The second-order valence-electron chi connectivity index (χ2n) is 8.66. The maximum atomic E-state index is 13.3. The summed E-state index contributed by atoms with van der Waals surface area (Å²) in [5, 5.41) is 9.92. The predicted octanol–water partition coefficient (Wildman–Crippen LogP) is 4.83. The van der Waals surface area contributed by atoms with Gasteiger partial charge in [0.2, 0.25) is 0 Å². The molecule has 8 heteroatoms. The number of hydrogen-bond donors (Lipinski definition) is 0. The van der Waals surface area contributed by atoms with E-state index in [2.05, 4.69) is 22.8 Å². The van der Waals surface area contributed by atoms with Crippen molar-refractivity contribution in [3.63, 3.8) is 0 Å². The molecule has 4 rings (SSSR count). The second-order valence-corrected chi connectivity index (χ2v) is 8.66. The number of benzene rings is 2. The van der Waals surface area contributed by atoms with Crippen LogP contribution in [0.2, 0.25) is 0 Å². The molecule has 0 aliphatic carbocycles. The monoisotopic (exact) mass is 475 g/mol. The summed E-state index contributed by atoms with van der Waals surface area (Å²) in [4.78, 5) is 26.6. The molecule has 1 aliphatic rings.